The van der Waals surface area contributed by atoms with E-state index in [1.807, 2.05) is 41.5 Å². The Morgan fingerprint density at radius 1 is 1.02 bits per heavy atom. The summed E-state index contributed by atoms with van der Waals surface area (Å²) in [4.78, 5) is 28.6. The first-order valence-electron chi connectivity index (χ1n) is 17.3. The fourth-order valence-electron chi connectivity index (χ4n) is 5.67. The molecule has 1 aliphatic rings. The van der Waals surface area contributed by atoms with Crippen molar-refractivity contribution in [2.24, 2.45) is 0 Å². The van der Waals surface area contributed by atoms with E-state index >= 15 is 0 Å². The number of hydrogen-bond donors (Lipinski definition) is 2. The normalized spacial score (nSPS) is 15.5. The zero-order chi connectivity index (χ0) is 38.4. The van der Waals surface area contributed by atoms with Gasteiger partial charge in [-0.25, -0.2) is 28.3 Å². The first-order valence-corrected chi connectivity index (χ1v) is 19.6. The number of methoxy groups -OCH3 is 1. The zero-order valence-corrected chi connectivity index (χ0v) is 32.7. The average Bonchev–Trinajstić information content (AvgIpc) is 3.70. The third-order valence-corrected chi connectivity index (χ3v) is 10.7. The molecular formula is C36H47F2N6O7PS. The van der Waals surface area contributed by atoms with E-state index in [-0.39, 0.29) is 24.8 Å². The van der Waals surface area contributed by atoms with Crippen LogP contribution in [0.25, 0.3) is 10.9 Å². The molecule has 1 amide bonds. The number of aromatic nitrogens is 3. The minimum atomic E-state index is -3.80. The van der Waals surface area contributed by atoms with Gasteiger partial charge in [-0.1, -0.05) is 0 Å². The third kappa shape index (κ3) is 11.8. The van der Waals surface area contributed by atoms with Crippen LogP contribution in [0.3, 0.4) is 0 Å². The SMILES string of the molecule is COc1cc2c(Nc3ncc(CC(=O)Nc4ccc(F)c(F)c4)s3)ncnc2cc1OCCCN1CCC[C@@H]1COP(=O)(OC(C)(C)C)OC(C)(C)C. The lowest BCUT2D eigenvalue weighted by Crippen LogP contribution is -2.35. The van der Waals surface area contributed by atoms with E-state index in [0.717, 1.165) is 44.5 Å². The van der Waals surface area contributed by atoms with E-state index < -0.39 is 36.6 Å². The molecule has 2 aromatic heterocycles. The molecule has 1 fully saturated rings. The number of carbonyl (C=O) groups excluding carboxylic acids is 1. The number of fused-ring (bicyclic) bond motifs is 1. The molecule has 2 N–H and O–H groups in total. The number of likely N-dealkylation sites (tertiary alicyclic amines) is 1. The van der Waals surface area contributed by atoms with Crippen molar-refractivity contribution in [1.82, 2.24) is 19.9 Å². The molecule has 1 aliphatic heterocycles. The summed E-state index contributed by atoms with van der Waals surface area (Å²) in [7, 11) is -2.24. The lowest BCUT2D eigenvalue weighted by molar-refractivity contribution is -0.115. The molecule has 1 saturated heterocycles. The number of thiazole rings is 1. The summed E-state index contributed by atoms with van der Waals surface area (Å²) in [6, 6.07) is 6.84. The molecule has 0 bridgehead atoms. The van der Waals surface area contributed by atoms with Crippen LogP contribution in [0, 0.1) is 11.6 Å². The molecule has 13 nitrogen and oxygen atoms in total. The molecule has 5 rings (SSSR count). The van der Waals surface area contributed by atoms with Crippen molar-refractivity contribution in [3.8, 4) is 11.5 Å². The second kappa shape index (κ2) is 17.1. The van der Waals surface area contributed by atoms with Crippen LogP contribution >= 0.6 is 19.2 Å². The van der Waals surface area contributed by atoms with Crippen molar-refractivity contribution in [2.75, 3.05) is 44.0 Å². The number of amides is 1. The molecule has 0 spiro atoms. The van der Waals surface area contributed by atoms with Gasteiger partial charge in [0.1, 0.15) is 12.1 Å². The quantitative estimate of drug-likeness (QED) is 0.0834. The highest BCUT2D eigenvalue weighted by molar-refractivity contribution is 7.48. The van der Waals surface area contributed by atoms with Gasteiger partial charge < -0.3 is 20.1 Å². The molecule has 0 unspecified atom stereocenters. The van der Waals surface area contributed by atoms with Gasteiger partial charge in [0.05, 0.1) is 43.5 Å². The Kier molecular flexibility index (Phi) is 13.1. The van der Waals surface area contributed by atoms with Crippen molar-refractivity contribution in [1.29, 1.82) is 0 Å². The van der Waals surface area contributed by atoms with Crippen LogP contribution in [-0.2, 0) is 29.4 Å². The molecule has 0 radical (unpaired) electrons. The summed E-state index contributed by atoms with van der Waals surface area (Å²) in [5.74, 6) is -0.905. The molecule has 0 saturated carbocycles. The van der Waals surface area contributed by atoms with Gasteiger partial charge in [-0.3, -0.25) is 23.3 Å². The van der Waals surface area contributed by atoms with Crippen LogP contribution in [0.5, 0.6) is 11.5 Å². The van der Waals surface area contributed by atoms with Crippen LogP contribution in [0.1, 0.15) is 65.7 Å². The number of carbonyl (C=O) groups is 1. The van der Waals surface area contributed by atoms with Gasteiger partial charge >= 0.3 is 7.82 Å². The predicted octanol–water partition coefficient (Wildman–Crippen LogP) is 8.29. The van der Waals surface area contributed by atoms with Crippen LogP contribution in [0.2, 0.25) is 0 Å². The topological polar surface area (TPSA) is 146 Å². The van der Waals surface area contributed by atoms with Gasteiger partial charge in [-0.2, -0.15) is 0 Å². The summed E-state index contributed by atoms with van der Waals surface area (Å²) in [6.07, 6.45) is 5.63. The number of anilines is 3. The fourth-order valence-corrected chi connectivity index (χ4v) is 8.32. The van der Waals surface area contributed by atoms with Crippen molar-refractivity contribution in [2.45, 2.75) is 84.5 Å². The predicted molar refractivity (Wildman–Crippen MR) is 200 cm³/mol. The van der Waals surface area contributed by atoms with Gasteiger partial charge in [0.25, 0.3) is 0 Å². The maximum absolute atomic E-state index is 13.5. The van der Waals surface area contributed by atoms with Crippen molar-refractivity contribution < 1.29 is 41.2 Å². The number of benzene rings is 2. The highest BCUT2D eigenvalue weighted by Gasteiger charge is 2.38. The molecule has 288 valence electrons. The smallest absolute Gasteiger partial charge is 0.475 e. The van der Waals surface area contributed by atoms with Gasteiger partial charge in [0.2, 0.25) is 5.91 Å². The number of phosphoric ester groups is 1. The average molecular weight is 777 g/mol. The molecule has 1 atom stereocenters. The summed E-state index contributed by atoms with van der Waals surface area (Å²) in [5, 5.41) is 6.92. The first kappa shape index (κ1) is 40.4. The Bertz CT molecular complexity index is 1920. The number of phosphoric acid groups is 1. The van der Waals surface area contributed by atoms with E-state index in [4.69, 9.17) is 23.0 Å². The van der Waals surface area contributed by atoms with Crippen LogP contribution in [0.15, 0.2) is 42.9 Å². The summed E-state index contributed by atoms with van der Waals surface area (Å²) in [5.41, 5.74) is -0.621. The van der Waals surface area contributed by atoms with Crippen molar-refractivity contribution in [3.63, 3.8) is 0 Å². The Balaban J connectivity index is 1.15. The number of halogens is 2. The van der Waals surface area contributed by atoms with Crippen molar-refractivity contribution in [3.05, 3.63) is 59.4 Å². The lowest BCUT2D eigenvalue weighted by atomic mass is 10.2. The largest absolute Gasteiger partial charge is 0.493 e. The molecule has 2 aromatic carbocycles. The fraction of sp³-hybridized carbons (Fsp3) is 0.500. The third-order valence-electron chi connectivity index (χ3n) is 7.78. The lowest BCUT2D eigenvalue weighted by Gasteiger charge is -2.32. The van der Waals surface area contributed by atoms with Gasteiger partial charge in [0.15, 0.2) is 28.3 Å². The number of nitrogens with one attached hydrogen (secondary N) is 2. The first-order chi connectivity index (χ1) is 25.0. The van der Waals surface area contributed by atoms with E-state index in [0.29, 0.717) is 44.8 Å². The van der Waals surface area contributed by atoms with Crippen LogP contribution in [0.4, 0.5) is 25.4 Å². The molecule has 4 aromatic rings. The Labute approximate surface area is 312 Å². The minimum Gasteiger partial charge on any atom is -0.493 e. The van der Waals surface area contributed by atoms with Crippen LogP contribution < -0.4 is 20.1 Å². The number of nitrogens with zero attached hydrogens (tertiary/aromatic N) is 4. The zero-order valence-electron chi connectivity index (χ0n) is 31.0. The van der Waals surface area contributed by atoms with E-state index in [9.17, 15) is 18.1 Å². The molecule has 53 heavy (non-hydrogen) atoms. The standard InChI is InChI=1S/C36H47F2N6O7PS/c1-35(2,3)50-52(46,51-36(4,5)6)49-21-24-10-8-13-44(24)14-9-15-48-31-19-29-26(18-30(31)47-7)33(41-22-40-29)43-34-39-20-25(53-34)17-32(45)42-23-11-12-27(37)28(38)16-23/h11-12,16,18-20,22,24H,8-10,13-15,17,21H2,1-7H3,(H,42,45)(H,39,40,41,43)/t24-/m1/s1. The van der Waals surface area contributed by atoms with E-state index in [1.54, 1.807) is 25.4 Å². The Hall–Kier alpha value is -3.79. The van der Waals surface area contributed by atoms with E-state index in [2.05, 4.69) is 30.5 Å². The number of ether oxygens (including phenoxy) is 2. The Morgan fingerprint density at radius 2 is 1.77 bits per heavy atom. The van der Waals surface area contributed by atoms with Crippen LogP contribution in [-0.4, -0.2) is 76.4 Å². The van der Waals surface area contributed by atoms with Crippen molar-refractivity contribution >= 4 is 52.6 Å². The van der Waals surface area contributed by atoms with E-state index in [1.165, 1.54) is 23.7 Å². The minimum absolute atomic E-state index is 0.00945. The molecule has 17 heteroatoms. The summed E-state index contributed by atoms with van der Waals surface area (Å²) < 4.78 is 69.6. The second-order valence-corrected chi connectivity index (χ2v) is 17.2. The van der Waals surface area contributed by atoms with Gasteiger partial charge in [-0.15, -0.1) is 11.3 Å². The molecular weight excluding hydrogens is 729 g/mol. The number of hydrogen-bond acceptors (Lipinski definition) is 13. The van der Waals surface area contributed by atoms with Gasteiger partial charge in [-0.05, 0) is 85.5 Å². The highest BCUT2D eigenvalue weighted by Crippen LogP contribution is 2.55. The molecule has 3 heterocycles. The summed E-state index contributed by atoms with van der Waals surface area (Å²) >= 11 is 1.25. The highest BCUT2D eigenvalue weighted by atomic mass is 32.1. The number of rotatable bonds is 16. The second-order valence-electron chi connectivity index (χ2n) is 14.5. The maximum Gasteiger partial charge on any atom is 0.475 e. The molecule has 0 aliphatic carbocycles. The Morgan fingerprint density at radius 3 is 2.47 bits per heavy atom. The summed E-state index contributed by atoms with van der Waals surface area (Å²) in [6.45, 7) is 13.2. The monoisotopic (exact) mass is 776 g/mol. The maximum atomic E-state index is 13.5. The van der Waals surface area contributed by atoms with Gasteiger partial charge in [0, 0.05) is 46.9 Å².